The van der Waals surface area contributed by atoms with Crippen molar-refractivity contribution in [2.24, 2.45) is 0 Å². The van der Waals surface area contributed by atoms with Crippen molar-refractivity contribution in [2.45, 2.75) is 5.75 Å². The van der Waals surface area contributed by atoms with Crippen LogP contribution in [0.25, 0.3) is 6.08 Å². The van der Waals surface area contributed by atoms with E-state index >= 15 is 0 Å². The summed E-state index contributed by atoms with van der Waals surface area (Å²) in [5.74, 6) is -1.18. The number of aliphatic carboxylic acids is 1. The van der Waals surface area contributed by atoms with E-state index in [0.717, 1.165) is 6.08 Å². The van der Waals surface area contributed by atoms with Gasteiger partial charge in [0.25, 0.3) is 0 Å². The molecule has 86 valence electrons. The summed E-state index contributed by atoms with van der Waals surface area (Å²) in [6.07, 6.45) is 2.32. The van der Waals surface area contributed by atoms with E-state index in [1.807, 2.05) is 0 Å². The number of halogens is 1. The summed E-state index contributed by atoms with van der Waals surface area (Å²) in [5.41, 5.74) is 1.09. The molecule has 1 aromatic rings. The molecule has 0 saturated heterocycles. The van der Waals surface area contributed by atoms with Gasteiger partial charge in [-0.05, 0) is 29.3 Å². The molecule has 16 heavy (non-hydrogen) atoms. The number of hydrogen-bond acceptors (Lipinski definition) is 3. The lowest BCUT2D eigenvalue weighted by atomic mass is 10.1. The molecule has 6 heteroatoms. The van der Waals surface area contributed by atoms with Crippen LogP contribution in [0, 0.1) is 0 Å². The fraction of sp³-hybridized carbons (Fsp3) is 0.100. The molecule has 1 rings (SSSR count). The second kappa shape index (κ2) is 5.67. The molecule has 0 aromatic heterocycles. The maximum Gasteiger partial charge on any atom is 0.328 e. The Labute approximate surface area is 99.1 Å². The van der Waals surface area contributed by atoms with Crippen molar-refractivity contribution < 1.29 is 18.3 Å². The molecule has 0 heterocycles. The Morgan fingerprint density at radius 3 is 2.62 bits per heavy atom. The molecule has 0 saturated carbocycles. The van der Waals surface area contributed by atoms with Crippen LogP contribution in [0.15, 0.2) is 24.3 Å². The zero-order valence-corrected chi connectivity index (χ0v) is 9.74. The normalized spacial score (nSPS) is 11.1. The second-order valence-corrected chi connectivity index (χ2v) is 4.47. The summed E-state index contributed by atoms with van der Waals surface area (Å²) in [6, 6.07) is 4.67. The van der Waals surface area contributed by atoms with E-state index in [2.05, 4.69) is 0 Å². The molecule has 0 unspecified atom stereocenters. The Kier molecular flexibility index (Phi) is 4.52. The molecule has 4 nitrogen and oxygen atoms in total. The van der Waals surface area contributed by atoms with Crippen molar-refractivity contribution in [2.75, 3.05) is 0 Å². The van der Waals surface area contributed by atoms with Gasteiger partial charge in [-0.15, -0.1) is 0 Å². The van der Waals surface area contributed by atoms with Gasteiger partial charge in [-0.3, -0.25) is 0 Å². The maximum absolute atomic E-state index is 10.5. The lowest BCUT2D eigenvalue weighted by Gasteiger charge is -2.00. The minimum atomic E-state index is -2.52. The highest BCUT2D eigenvalue weighted by atomic mass is 35.5. The summed E-state index contributed by atoms with van der Waals surface area (Å²) in [5, 5.41) is 8.82. The molecule has 0 aliphatic heterocycles. The van der Waals surface area contributed by atoms with Gasteiger partial charge in [0.15, 0.2) is 0 Å². The van der Waals surface area contributed by atoms with Gasteiger partial charge in [0.05, 0.1) is 5.75 Å². The van der Waals surface area contributed by atoms with E-state index in [4.69, 9.17) is 16.7 Å². The molecule has 1 N–H and O–H groups in total. The van der Waals surface area contributed by atoms with Gasteiger partial charge >= 0.3 is 5.97 Å². The summed E-state index contributed by atoms with van der Waals surface area (Å²) in [4.78, 5) is 10.3. The van der Waals surface area contributed by atoms with E-state index in [1.54, 1.807) is 12.1 Å². The van der Waals surface area contributed by atoms with E-state index in [1.165, 1.54) is 12.1 Å². The molecule has 0 atom stereocenters. The van der Waals surface area contributed by atoms with Crippen molar-refractivity contribution in [1.82, 2.24) is 0 Å². The van der Waals surface area contributed by atoms with Crippen LogP contribution in [-0.2, 0) is 21.3 Å². The first kappa shape index (κ1) is 12.7. The molecule has 0 spiro atoms. The standard InChI is InChI=1S/C10H9ClO4S/c11-9-4-7(1-2-10(12)13)3-8(5-9)6-16(14)15/h1-5,16H,6H2,(H,12,13)/b2-1+. The van der Waals surface area contributed by atoms with Crippen LogP contribution in [0.1, 0.15) is 11.1 Å². The predicted octanol–water partition coefficient (Wildman–Crippen LogP) is 1.55. The van der Waals surface area contributed by atoms with Gasteiger partial charge < -0.3 is 5.11 Å². The zero-order valence-electron chi connectivity index (χ0n) is 8.09. The van der Waals surface area contributed by atoms with Gasteiger partial charge in [0, 0.05) is 11.1 Å². The monoisotopic (exact) mass is 260 g/mol. The van der Waals surface area contributed by atoms with Crippen molar-refractivity contribution in [3.63, 3.8) is 0 Å². The lowest BCUT2D eigenvalue weighted by Crippen LogP contribution is -1.89. The molecule has 0 aliphatic carbocycles. The van der Waals surface area contributed by atoms with E-state index in [-0.39, 0.29) is 5.75 Å². The Balaban J connectivity index is 3.02. The third kappa shape index (κ3) is 4.46. The van der Waals surface area contributed by atoms with Crippen LogP contribution in [0.4, 0.5) is 0 Å². The van der Waals surface area contributed by atoms with Gasteiger partial charge in [-0.2, -0.15) is 0 Å². The summed E-state index contributed by atoms with van der Waals surface area (Å²) < 4.78 is 21.1. The van der Waals surface area contributed by atoms with Crippen LogP contribution >= 0.6 is 11.6 Å². The third-order valence-corrected chi connectivity index (χ3v) is 2.55. The summed E-state index contributed by atoms with van der Waals surface area (Å²) >= 11 is 5.77. The van der Waals surface area contributed by atoms with E-state index < -0.39 is 16.7 Å². The zero-order chi connectivity index (χ0) is 12.1. The van der Waals surface area contributed by atoms with Gasteiger partial charge in [0.2, 0.25) is 0 Å². The lowest BCUT2D eigenvalue weighted by molar-refractivity contribution is -0.131. The molecule has 0 bridgehead atoms. The van der Waals surface area contributed by atoms with Crippen molar-refractivity contribution in [3.05, 3.63) is 40.4 Å². The molecule has 1 aromatic carbocycles. The Hall–Kier alpha value is -1.33. The molecule has 0 fully saturated rings. The van der Waals surface area contributed by atoms with Crippen LogP contribution in [0.5, 0.6) is 0 Å². The molecule has 0 aliphatic rings. The van der Waals surface area contributed by atoms with Gasteiger partial charge in [-0.1, -0.05) is 17.7 Å². The van der Waals surface area contributed by atoms with Gasteiger partial charge in [-0.25, -0.2) is 13.2 Å². The van der Waals surface area contributed by atoms with E-state index in [0.29, 0.717) is 16.1 Å². The average molecular weight is 261 g/mol. The highest BCUT2D eigenvalue weighted by Crippen LogP contribution is 2.17. The number of carbonyl (C=O) groups is 1. The highest BCUT2D eigenvalue weighted by Gasteiger charge is 1.99. The average Bonchev–Trinajstić information content (AvgIpc) is 2.12. The fourth-order valence-corrected chi connectivity index (χ4v) is 1.93. The van der Waals surface area contributed by atoms with E-state index in [9.17, 15) is 13.2 Å². The van der Waals surface area contributed by atoms with Gasteiger partial charge in [0.1, 0.15) is 10.7 Å². The Morgan fingerprint density at radius 2 is 2.06 bits per heavy atom. The van der Waals surface area contributed by atoms with Crippen molar-refractivity contribution >= 4 is 34.4 Å². The first-order chi connectivity index (χ1) is 7.47. The fourth-order valence-electron chi connectivity index (χ4n) is 1.18. The van der Waals surface area contributed by atoms with Crippen LogP contribution < -0.4 is 0 Å². The topological polar surface area (TPSA) is 71.4 Å². The number of rotatable bonds is 4. The minimum Gasteiger partial charge on any atom is -0.478 e. The van der Waals surface area contributed by atoms with Crippen LogP contribution in [-0.4, -0.2) is 19.5 Å². The maximum atomic E-state index is 10.5. The Bertz CT molecular complexity index is 498. The van der Waals surface area contributed by atoms with Crippen LogP contribution in [0.2, 0.25) is 5.02 Å². The first-order valence-corrected chi connectivity index (χ1v) is 6.04. The largest absolute Gasteiger partial charge is 0.478 e. The third-order valence-electron chi connectivity index (χ3n) is 1.71. The van der Waals surface area contributed by atoms with Crippen molar-refractivity contribution in [3.8, 4) is 0 Å². The summed E-state index contributed by atoms with van der Waals surface area (Å²) in [7, 11) is -2.52. The minimum absolute atomic E-state index is 0.107. The molecule has 0 amide bonds. The quantitative estimate of drug-likeness (QED) is 0.636. The number of hydrogen-bond donors (Lipinski definition) is 2. The number of carboxylic acid groups (broad SMARTS) is 1. The summed E-state index contributed by atoms with van der Waals surface area (Å²) in [6.45, 7) is 0. The predicted molar refractivity (Wildman–Crippen MR) is 62.1 cm³/mol. The van der Waals surface area contributed by atoms with Crippen LogP contribution in [0.3, 0.4) is 0 Å². The highest BCUT2D eigenvalue weighted by molar-refractivity contribution is 7.71. The molecular formula is C10H9ClO4S. The van der Waals surface area contributed by atoms with Crippen molar-refractivity contribution in [1.29, 1.82) is 0 Å². The first-order valence-electron chi connectivity index (χ1n) is 4.29. The molecule has 0 radical (unpaired) electrons. The number of benzene rings is 1. The smallest absolute Gasteiger partial charge is 0.328 e. The Morgan fingerprint density at radius 1 is 1.38 bits per heavy atom. The SMILES string of the molecule is O=C(O)/C=C/c1cc(Cl)cc(C[SH](=O)=O)c1. The number of carboxylic acids is 1. The molecular weight excluding hydrogens is 252 g/mol. The second-order valence-electron chi connectivity index (χ2n) is 3.06. The number of thiol groups is 1.